The van der Waals surface area contributed by atoms with E-state index in [9.17, 15) is 14.7 Å². The Balaban J connectivity index is 1.55. The van der Waals surface area contributed by atoms with Crippen LogP contribution >= 0.6 is 0 Å². The molecule has 3 N–H and O–H groups in total. The molecule has 7 heteroatoms. The molecule has 7 nitrogen and oxygen atoms in total. The highest BCUT2D eigenvalue weighted by molar-refractivity contribution is 5.94. The Morgan fingerprint density at radius 1 is 1.31 bits per heavy atom. The lowest BCUT2D eigenvalue weighted by Gasteiger charge is -2.18. The van der Waals surface area contributed by atoms with Crippen molar-refractivity contribution in [2.24, 2.45) is 11.7 Å². The molecule has 1 aromatic carbocycles. The van der Waals surface area contributed by atoms with Crippen LogP contribution in [-0.2, 0) is 4.79 Å². The molecule has 0 bridgehead atoms. The number of piperidine rings is 1. The van der Waals surface area contributed by atoms with E-state index in [0.29, 0.717) is 11.3 Å². The van der Waals surface area contributed by atoms with Gasteiger partial charge in [-0.2, -0.15) is 0 Å². The zero-order valence-corrected chi connectivity index (χ0v) is 15.7. The van der Waals surface area contributed by atoms with Crippen LogP contribution in [0.3, 0.4) is 0 Å². The molecule has 1 aliphatic carbocycles. The minimum Gasteiger partial charge on any atom is -0.369 e. The molecule has 0 spiro atoms. The van der Waals surface area contributed by atoms with E-state index in [1.807, 2.05) is 30.3 Å². The van der Waals surface area contributed by atoms with Gasteiger partial charge in [-0.25, -0.2) is 4.98 Å². The smallest absolute Gasteiger partial charge is 0.285 e. The maximum absolute atomic E-state index is 12.3. The summed E-state index contributed by atoms with van der Waals surface area (Å²) in [7, 11) is 1.70. The second-order valence-electron chi connectivity index (χ2n) is 7.53. The molecule has 5 rings (SSSR count). The molecule has 1 saturated heterocycles. The van der Waals surface area contributed by atoms with Gasteiger partial charge in [0.25, 0.3) is 11.8 Å². The Labute approximate surface area is 166 Å². The molecular formula is C22H18N4O3. The number of primary amides is 1. The van der Waals surface area contributed by atoms with E-state index in [-0.39, 0.29) is 23.7 Å². The average molecular weight is 386 g/mol. The van der Waals surface area contributed by atoms with Gasteiger partial charge in [0.2, 0.25) is 11.4 Å². The van der Waals surface area contributed by atoms with Gasteiger partial charge < -0.3 is 15.7 Å². The summed E-state index contributed by atoms with van der Waals surface area (Å²) in [6, 6.07) is 12.9. The molecule has 2 fully saturated rings. The lowest BCUT2D eigenvalue weighted by Crippen LogP contribution is -2.41. The summed E-state index contributed by atoms with van der Waals surface area (Å²) in [6.07, 6.45) is 2.52. The van der Waals surface area contributed by atoms with Crippen LogP contribution in [0.15, 0.2) is 48.7 Å². The number of aliphatic hydroxyl groups is 1. The van der Waals surface area contributed by atoms with E-state index < -0.39 is 11.5 Å². The number of aromatic nitrogens is 2. The SMILES string of the molecule is CN1C(=O)[C@@](O)(C#Cc2cccc(-c3nc(C(N)=O)n4ccccc34)c2)[C@H]2C[C@H]21. The number of carbonyl (C=O) groups excluding carboxylic acids is 2. The number of hydrogen-bond acceptors (Lipinski definition) is 4. The Kier molecular flexibility index (Phi) is 3.57. The Bertz CT molecular complexity index is 1250. The minimum absolute atomic E-state index is 0.0947. The van der Waals surface area contributed by atoms with Gasteiger partial charge in [0.05, 0.1) is 11.2 Å². The van der Waals surface area contributed by atoms with Crippen LogP contribution in [-0.4, -0.2) is 49.9 Å². The topological polar surface area (TPSA) is 101 Å². The normalized spacial score (nSPS) is 24.9. The molecule has 0 radical (unpaired) electrons. The molecule has 144 valence electrons. The number of benzene rings is 1. The monoisotopic (exact) mass is 386 g/mol. The first-order valence-corrected chi connectivity index (χ1v) is 9.30. The molecule has 0 unspecified atom stereocenters. The van der Waals surface area contributed by atoms with Crippen LogP contribution < -0.4 is 5.73 Å². The van der Waals surface area contributed by atoms with Crippen LogP contribution in [0.1, 0.15) is 22.6 Å². The van der Waals surface area contributed by atoms with E-state index in [4.69, 9.17) is 5.73 Å². The summed E-state index contributed by atoms with van der Waals surface area (Å²) < 4.78 is 1.65. The van der Waals surface area contributed by atoms with Crippen molar-refractivity contribution < 1.29 is 14.7 Å². The van der Waals surface area contributed by atoms with Gasteiger partial charge in [0.15, 0.2) is 0 Å². The summed E-state index contributed by atoms with van der Waals surface area (Å²) in [5, 5.41) is 10.8. The summed E-state index contributed by atoms with van der Waals surface area (Å²) in [4.78, 5) is 30.1. The quantitative estimate of drug-likeness (QED) is 0.643. The zero-order valence-electron chi connectivity index (χ0n) is 15.7. The molecule has 1 saturated carbocycles. The van der Waals surface area contributed by atoms with Crippen molar-refractivity contribution in [3.8, 4) is 23.1 Å². The molecule has 2 aliphatic rings. The largest absolute Gasteiger partial charge is 0.369 e. The molecule has 2 amide bonds. The first-order chi connectivity index (χ1) is 13.9. The van der Waals surface area contributed by atoms with Gasteiger partial charge in [-0.05, 0) is 30.7 Å². The van der Waals surface area contributed by atoms with Gasteiger partial charge in [-0.15, -0.1) is 0 Å². The number of nitrogens with two attached hydrogens (primary N) is 1. The van der Waals surface area contributed by atoms with Crippen LogP contribution in [0.5, 0.6) is 0 Å². The van der Waals surface area contributed by atoms with Crippen molar-refractivity contribution in [3.05, 3.63) is 60.0 Å². The van der Waals surface area contributed by atoms with Gasteiger partial charge in [-0.3, -0.25) is 14.0 Å². The van der Waals surface area contributed by atoms with Crippen molar-refractivity contribution in [1.82, 2.24) is 14.3 Å². The van der Waals surface area contributed by atoms with Crippen LogP contribution in [0.2, 0.25) is 0 Å². The lowest BCUT2D eigenvalue weighted by molar-refractivity contribution is -0.140. The number of likely N-dealkylation sites (N-methyl/N-ethyl adjacent to an activating group) is 1. The number of hydrogen-bond donors (Lipinski definition) is 2. The van der Waals surface area contributed by atoms with Crippen LogP contribution in [0, 0.1) is 17.8 Å². The van der Waals surface area contributed by atoms with E-state index in [1.54, 1.807) is 34.7 Å². The third kappa shape index (κ3) is 2.53. The van der Waals surface area contributed by atoms with Crippen molar-refractivity contribution >= 4 is 17.3 Å². The minimum atomic E-state index is -1.62. The lowest BCUT2D eigenvalue weighted by atomic mass is 9.98. The molecule has 2 aromatic heterocycles. The van der Waals surface area contributed by atoms with Crippen LogP contribution in [0.4, 0.5) is 0 Å². The summed E-state index contributed by atoms with van der Waals surface area (Å²) >= 11 is 0. The van der Waals surface area contributed by atoms with Gasteiger partial charge >= 0.3 is 0 Å². The Morgan fingerprint density at radius 3 is 2.86 bits per heavy atom. The third-order valence-corrected chi connectivity index (χ3v) is 5.74. The number of carbonyl (C=O) groups is 2. The molecule has 3 heterocycles. The number of imidazole rings is 1. The fourth-order valence-corrected chi connectivity index (χ4v) is 4.12. The van der Waals surface area contributed by atoms with Gasteiger partial charge in [-0.1, -0.05) is 30.0 Å². The third-order valence-electron chi connectivity index (χ3n) is 5.74. The van der Waals surface area contributed by atoms with Gasteiger partial charge in [0.1, 0.15) is 0 Å². The summed E-state index contributed by atoms with van der Waals surface area (Å²) in [5.74, 6) is 4.83. The molecule has 3 aromatic rings. The standard InChI is InChI=1S/C22H18N4O3/c1-25-17-12-15(17)22(29,21(25)28)9-8-13-5-4-6-14(11-13)18-16-7-2-3-10-26(16)20(24-18)19(23)27/h2-7,10-11,15,17,29H,12H2,1H3,(H2,23,27)/t15-,17+,22+/m0/s1. The first-order valence-electron chi connectivity index (χ1n) is 9.30. The first kappa shape index (κ1) is 17.5. The number of nitrogens with zero attached hydrogens (tertiary/aromatic N) is 3. The predicted octanol–water partition coefficient (Wildman–Crippen LogP) is 1.04. The molecule has 29 heavy (non-hydrogen) atoms. The highest BCUT2D eigenvalue weighted by Crippen LogP contribution is 2.50. The fourth-order valence-electron chi connectivity index (χ4n) is 4.12. The van der Waals surface area contributed by atoms with E-state index in [2.05, 4.69) is 16.8 Å². The maximum atomic E-state index is 12.3. The van der Waals surface area contributed by atoms with Crippen molar-refractivity contribution in [1.29, 1.82) is 0 Å². The molecule has 3 atom stereocenters. The maximum Gasteiger partial charge on any atom is 0.285 e. The number of pyridine rings is 1. The highest BCUT2D eigenvalue weighted by atomic mass is 16.3. The predicted molar refractivity (Wildman–Crippen MR) is 106 cm³/mol. The van der Waals surface area contributed by atoms with Crippen molar-refractivity contribution in [2.75, 3.05) is 7.05 Å². The van der Waals surface area contributed by atoms with E-state index >= 15 is 0 Å². The average Bonchev–Trinajstić information content (AvgIpc) is 3.40. The van der Waals surface area contributed by atoms with E-state index in [0.717, 1.165) is 17.5 Å². The van der Waals surface area contributed by atoms with E-state index in [1.165, 1.54) is 0 Å². The zero-order chi connectivity index (χ0) is 20.3. The Hall–Kier alpha value is -3.63. The highest BCUT2D eigenvalue weighted by Gasteiger charge is 2.66. The van der Waals surface area contributed by atoms with Crippen LogP contribution in [0.25, 0.3) is 16.8 Å². The number of amides is 2. The summed E-state index contributed by atoms with van der Waals surface area (Å²) in [5.41, 5.74) is 6.62. The Morgan fingerprint density at radius 2 is 2.14 bits per heavy atom. The van der Waals surface area contributed by atoms with Crippen molar-refractivity contribution in [3.63, 3.8) is 0 Å². The van der Waals surface area contributed by atoms with Gasteiger partial charge in [0, 0.05) is 36.3 Å². The summed E-state index contributed by atoms with van der Waals surface area (Å²) in [6.45, 7) is 0. The number of fused-ring (bicyclic) bond motifs is 2. The number of likely N-dealkylation sites (tertiary alicyclic amines) is 1. The number of rotatable bonds is 2. The second kappa shape index (κ2) is 5.93. The fraction of sp³-hybridized carbons (Fsp3) is 0.227. The molecular weight excluding hydrogens is 368 g/mol. The second-order valence-corrected chi connectivity index (χ2v) is 7.53. The molecule has 1 aliphatic heterocycles. The van der Waals surface area contributed by atoms with Crippen molar-refractivity contribution in [2.45, 2.75) is 18.1 Å².